The first-order valence-corrected chi connectivity index (χ1v) is 6.99. The molecular weight excluding hydrogens is 254 g/mol. The fraction of sp³-hybridized carbons (Fsp3) is 0.533. The molecule has 1 aliphatic heterocycles. The molecule has 0 saturated carbocycles. The zero-order valence-corrected chi connectivity index (χ0v) is 12.1. The Labute approximate surface area is 120 Å². The van der Waals surface area contributed by atoms with Crippen LogP contribution in [0.15, 0.2) is 24.3 Å². The zero-order chi connectivity index (χ0) is 14.5. The molecule has 5 nitrogen and oxygen atoms in total. The van der Waals surface area contributed by atoms with E-state index in [1.165, 1.54) is 0 Å². The van der Waals surface area contributed by atoms with E-state index in [0.717, 1.165) is 25.4 Å². The summed E-state index contributed by atoms with van der Waals surface area (Å²) in [6, 6.07) is 7.30. The van der Waals surface area contributed by atoms with Gasteiger partial charge in [-0.05, 0) is 38.1 Å². The summed E-state index contributed by atoms with van der Waals surface area (Å²) in [7, 11) is 0. The van der Waals surface area contributed by atoms with Crippen molar-refractivity contribution in [2.45, 2.75) is 26.1 Å². The van der Waals surface area contributed by atoms with Crippen LogP contribution in [0.2, 0.25) is 0 Å². The molecular formula is C15H23N3O2. The van der Waals surface area contributed by atoms with E-state index in [1.807, 2.05) is 12.1 Å². The fourth-order valence-electron chi connectivity index (χ4n) is 2.49. The average molecular weight is 277 g/mol. The maximum Gasteiger partial charge on any atom is 0.122 e. The summed E-state index contributed by atoms with van der Waals surface area (Å²) < 4.78 is 11.4. The van der Waals surface area contributed by atoms with E-state index in [-0.39, 0.29) is 18.0 Å². The van der Waals surface area contributed by atoms with Gasteiger partial charge in [-0.15, -0.1) is 0 Å². The third-order valence-corrected chi connectivity index (χ3v) is 3.34. The average Bonchev–Trinajstić information content (AvgIpc) is 2.38. The number of nitrogen functional groups attached to an aromatic ring is 1. The van der Waals surface area contributed by atoms with Crippen LogP contribution < -0.4 is 10.5 Å². The van der Waals surface area contributed by atoms with Crippen LogP contribution >= 0.6 is 0 Å². The molecule has 0 bridgehead atoms. The van der Waals surface area contributed by atoms with Gasteiger partial charge in [-0.3, -0.25) is 10.3 Å². The molecule has 0 unspecified atom stereocenters. The van der Waals surface area contributed by atoms with Gasteiger partial charge in [0.1, 0.15) is 18.2 Å². The number of rotatable bonds is 5. The van der Waals surface area contributed by atoms with Crippen LogP contribution in [0.5, 0.6) is 5.75 Å². The molecule has 1 aromatic rings. The van der Waals surface area contributed by atoms with Crippen molar-refractivity contribution in [2.24, 2.45) is 5.73 Å². The van der Waals surface area contributed by atoms with Crippen molar-refractivity contribution in [3.8, 4) is 5.75 Å². The number of nitrogens with two attached hydrogens (primary N) is 1. The van der Waals surface area contributed by atoms with Crippen molar-refractivity contribution >= 4 is 5.84 Å². The highest BCUT2D eigenvalue weighted by molar-refractivity contribution is 5.94. The molecule has 110 valence electrons. The van der Waals surface area contributed by atoms with E-state index in [4.69, 9.17) is 20.6 Å². The fourth-order valence-corrected chi connectivity index (χ4v) is 2.49. The van der Waals surface area contributed by atoms with Gasteiger partial charge in [0.05, 0.1) is 12.2 Å². The second-order valence-electron chi connectivity index (χ2n) is 5.30. The van der Waals surface area contributed by atoms with Crippen LogP contribution in [0.1, 0.15) is 19.4 Å². The third kappa shape index (κ3) is 4.21. The topological polar surface area (TPSA) is 71.6 Å². The lowest BCUT2D eigenvalue weighted by molar-refractivity contribution is -0.0699. The lowest BCUT2D eigenvalue weighted by atomic mass is 10.2. The first-order chi connectivity index (χ1) is 9.54. The van der Waals surface area contributed by atoms with Gasteiger partial charge in [0, 0.05) is 25.2 Å². The van der Waals surface area contributed by atoms with Crippen molar-refractivity contribution in [2.75, 3.05) is 26.2 Å². The van der Waals surface area contributed by atoms with Gasteiger partial charge >= 0.3 is 0 Å². The number of morpholine rings is 1. The van der Waals surface area contributed by atoms with Gasteiger partial charge < -0.3 is 15.2 Å². The highest BCUT2D eigenvalue weighted by atomic mass is 16.5. The van der Waals surface area contributed by atoms with Crippen LogP contribution in [0.4, 0.5) is 0 Å². The molecule has 1 aliphatic rings. The number of hydrogen-bond donors (Lipinski definition) is 2. The van der Waals surface area contributed by atoms with Crippen molar-refractivity contribution in [1.29, 1.82) is 5.41 Å². The van der Waals surface area contributed by atoms with Gasteiger partial charge in [0.15, 0.2) is 0 Å². The summed E-state index contributed by atoms with van der Waals surface area (Å²) in [5.74, 6) is 0.886. The smallest absolute Gasteiger partial charge is 0.122 e. The Morgan fingerprint density at radius 3 is 2.45 bits per heavy atom. The minimum absolute atomic E-state index is 0.0767. The Morgan fingerprint density at radius 2 is 1.90 bits per heavy atom. The van der Waals surface area contributed by atoms with E-state index in [9.17, 15) is 0 Å². The minimum atomic E-state index is 0.0767. The van der Waals surface area contributed by atoms with Crippen LogP contribution in [-0.4, -0.2) is 49.2 Å². The molecule has 5 heteroatoms. The monoisotopic (exact) mass is 277 g/mol. The molecule has 2 rings (SSSR count). The van der Waals surface area contributed by atoms with Gasteiger partial charge in [-0.2, -0.15) is 0 Å². The molecule has 1 heterocycles. The molecule has 1 saturated heterocycles. The van der Waals surface area contributed by atoms with Crippen molar-refractivity contribution in [3.63, 3.8) is 0 Å². The van der Waals surface area contributed by atoms with E-state index in [1.54, 1.807) is 12.1 Å². The summed E-state index contributed by atoms with van der Waals surface area (Å²) in [6.07, 6.45) is 0.571. The summed E-state index contributed by atoms with van der Waals surface area (Å²) in [5, 5.41) is 7.33. The summed E-state index contributed by atoms with van der Waals surface area (Å²) in [5.41, 5.74) is 6.13. The predicted molar refractivity (Wildman–Crippen MR) is 79.4 cm³/mol. The normalized spacial score (nSPS) is 23.5. The molecule has 0 aliphatic carbocycles. The van der Waals surface area contributed by atoms with Crippen molar-refractivity contribution in [1.82, 2.24) is 4.90 Å². The Hall–Kier alpha value is -1.59. The van der Waals surface area contributed by atoms with Crippen LogP contribution in [0.25, 0.3) is 0 Å². The number of ether oxygens (including phenoxy) is 2. The first-order valence-electron chi connectivity index (χ1n) is 6.99. The lowest BCUT2D eigenvalue weighted by Gasteiger charge is -2.35. The Bertz CT molecular complexity index is 437. The van der Waals surface area contributed by atoms with E-state index in [2.05, 4.69) is 18.7 Å². The second-order valence-corrected chi connectivity index (χ2v) is 5.30. The van der Waals surface area contributed by atoms with Crippen LogP contribution in [0, 0.1) is 5.41 Å². The highest BCUT2D eigenvalue weighted by Gasteiger charge is 2.21. The molecule has 20 heavy (non-hydrogen) atoms. The molecule has 0 aromatic heterocycles. The van der Waals surface area contributed by atoms with E-state index < -0.39 is 0 Å². The number of benzene rings is 1. The molecule has 0 amide bonds. The molecule has 1 fully saturated rings. The van der Waals surface area contributed by atoms with Crippen molar-refractivity contribution < 1.29 is 9.47 Å². The lowest BCUT2D eigenvalue weighted by Crippen LogP contribution is -2.46. The standard InChI is InChI=1S/C15H23N3O2/c1-11-9-18(10-12(2)20-11)7-8-19-14-5-3-13(4-6-14)15(16)17/h3-6,11-12H,7-10H2,1-2H3,(H3,16,17)/t11-,12+. The summed E-state index contributed by atoms with van der Waals surface area (Å²) in [4.78, 5) is 2.36. The number of nitrogens with zero attached hydrogens (tertiary/aromatic N) is 1. The van der Waals surface area contributed by atoms with Gasteiger partial charge in [0.25, 0.3) is 0 Å². The Kier molecular flexibility index (Phi) is 4.98. The third-order valence-electron chi connectivity index (χ3n) is 3.34. The van der Waals surface area contributed by atoms with Crippen LogP contribution in [-0.2, 0) is 4.74 Å². The molecule has 3 N–H and O–H groups in total. The first kappa shape index (κ1) is 14.8. The SMILES string of the molecule is C[C@@H]1CN(CCOc2ccc(C(=N)N)cc2)C[C@H](C)O1. The quantitative estimate of drug-likeness (QED) is 0.631. The van der Waals surface area contributed by atoms with Crippen molar-refractivity contribution in [3.05, 3.63) is 29.8 Å². The van der Waals surface area contributed by atoms with Gasteiger partial charge in [0.2, 0.25) is 0 Å². The maximum absolute atomic E-state index is 7.33. The highest BCUT2D eigenvalue weighted by Crippen LogP contribution is 2.13. The van der Waals surface area contributed by atoms with Gasteiger partial charge in [-0.1, -0.05) is 0 Å². The van der Waals surface area contributed by atoms with E-state index in [0.29, 0.717) is 12.2 Å². The molecule has 0 spiro atoms. The molecule has 0 radical (unpaired) electrons. The molecule has 2 atom stereocenters. The number of nitrogens with one attached hydrogen (secondary N) is 1. The van der Waals surface area contributed by atoms with Crippen LogP contribution in [0.3, 0.4) is 0 Å². The summed E-state index contributed by atoms with van der Waals surface area (Å²) >= 11 is 0. The molecule has 1 aromatic carbocycles. The largest absolute Gasteiger partial charge is 0.492 e. The van der Waals surface area contributed by atoms with E-state index >= 15 is 0 Å². The van der Waals surface area contributed by atoms with Gasteiger partial charge in [-0.25, -0.2) is 0 Å². The minimum Gasteiger partial charge on any atom is -0.492 e. The maximum atomic E-state index is 7.33. The number of amidine groups is 1. The number of hydrogen-bond acceptors (Lipinski definition) is 4. The predicted octanol–water partition coefficient (Wildman–Crippen LogP) is 1.46. The Morgan fingerprint density at radius 1 is 1.30 bits per heavy atom. The second kappa shape index (κ2) is 6.72. The Balaban J connectivity index is 1.76. The summed E-state index contributed by atoms with van der Waals surface area (Å²) in [6.45, 7) is 7.66. The zero-order valence-electron chi connectivity index (χ0n) is 12.1.